The maximum atomic E-state index is 4.43. The molecule has 0 N–H and O–H groups in total. The van der Waals surface area contributed by atoms with E-state index in [0.29, 0.717) is 0 Å². The van der Waals surface area contributed by atoms with Crippen LogP contribution in [0.3, 0.4) is 0 Å². The topological polar surface area (TPSA) is 0 Å². The molecule has 1 heteroatoms. The fraction of sp³-hybridized carbons (Fsp3) is 0.235. The quantitative estimate of drug-likeness (QED) is 0.694. The van der Waals surface area contributed by atoms with Crippen LogP contribution < -0.4 is 5.30 Å². The summed E-state index contributed by atoms with van der Waals surface area (Å²) in [6.07, 6.45) is 8.26. The second-order valence-corrected chi connectivity index (χ2v) is 6.86. The van der Waals surface area contributed by atoms with Gasteiger partial charge in [-0.2, -0.15) is 0 Å². The summed E-state index contributed by atoms with van der Waals surface area (Å²) < 4.78 is 0. The van der Waals surface area contributed by atoms with Crippen molar-refractivity contribution in [2.75, 3.05) is 6.16 Å². The first-order valence-electron chi connectivity index (χ1n) is 6.65. The third-order valence-corrected chi connectivity index (χ3v) is 5.38. The molecule has 0 amide bonds. The van der Waals surface area contributed by atoms with E-state index < -0.39 is 7.55 Å². The van der Waals surface area contributed by atoms with Gasteiger partial charge in [0.25, 0.3) is 0 Å². The van der Waals surface area contributed by atoms with Crippen LogP contribution >= 0.6 is 7.55 Å². The van der Waals surface area contributed by atoms with Crippen LogP contribution in [0.15, 0.2) is 54.6 Å². The van der Waals surface area contributed by atoms with E-state index in [0.717, 1.165) is 0 Å². The van der Waals surface area contributed by atoms with E-state index in [1.807, 2.05) is 0 Å². The van der Waals surface area contributed by atoms with Crippen LogP contribution in [0.2, 0.25) is 0 Å². The van der Waals surface area contributed by atoms with Gasteiger partial charge < -0.3 is 0 Å². The summed E-state index contributed by atoms with van der Waals surface area (Å²) in [6.45, 7) is 2.25. The molecule has 0 saturated carbocycles. The number of rotatable bonds is 5. The minimum absolute atomic E-state index is 0.657. The Morgan fingerprint density at radius 2 is 1.61 bits per heavy atom. The molecule has 1 unspecified atom stereocenters. The highest BCUT2D eigenvalue weighted by molar-refractivity contribution is 7.64. The van der Waals surface area contributed by atoms with Gasteiger partial charge in [-0.05, 0) is 29.0 Å². The third kappa shape index (κ3) is 3.15. The molecule has 0 radical (unpaired) electrons. The fourth-order valence-corrected chi connectivity index (χ4v) is 4.18. The Morgan fingerprint density at radius 3 is 2.33 bits per heavy atom. The van der Waals surface area contributed by atoms with Crippen LogP contribution in [0.25, 0.3) is 11.1 Å². The summed E-state index contributed by atoms with van der Waals surface area (Å²) in [5.41, 5.74) is 2.69. The molecular formula is C17H21P. The Hall–Kier alpha value is -1.26. The molecule has 0 spiro atoms. The molecule has 2 rings (SSSR count). The summed E-state index contributed by atoms with van der Waals surface area (Å²) in [4.78, 5) is 0. The second kappa shape index (κ2) is 6.61. The van der Waals surface area contributed by atoms with E-state index in [9.17, 15) is 0 Å². The van der Waals surface area contributed by atoms with Crippen molar-refractivity contribution >= 4 is 19.1 Å². The average Bonchev–Trinajstić information content (AvgIpc) is 2.45. The number of unbranched alkanes of at least 4 members (excludes halogenated alkanes) is 1. The zero-order valence-electron chi connectivity index (χ0n) is 11.0. The lowest BCUT2D eigenvalue weighted by atomic mass is 10.1. The van der Waals surface area contributed by atoms with E-state index in [1.54, 1.807) is 0 Å². The monoisotopic (exact) mass is 256 g/mol. The molecule has 0 saturated heterocycles. The molecule has 1 atom stereocenters. The second-order valence-electron chi connectivity index (χ2n) is 4.62. The number of hydrogen-bond acceptors (Lipinski definition) is 0. The summed E-state index contributed by atoms with van der Waals surface area (Å²) in [5, 5.41) is 1.47. The van der Waals surface area contributed by atoms with Crippen LogP contribution in [0.5, 0.6) is 0 Å². The van der Waals surface area contributed by atoms with Gasteiger partial charge in [0.15, 0.2) is 0 Å². The minimum Gasteiger partial charge on any atom is -0.0993 e. The summed E-state index contributed by atoms with van der Waals surface area (Å²) >= 11 is 0. The number of hydrogen-bond donors (Lipinski definition) is 0. The van der Waals surface area contributed by atoms with Crippen molar-refractivity contribution in [2.45, 2.75) is 19.8 Å². The highest BCUT2D eigenvalue weighted by Gasteiger charge is 2.05. The normalized spacial score (nSPS) is 12.3. The maximum absolute atomic E-state index is 4.43. The average molecular weight is 256 g/mol. The molecule has 0 aliphatic carbocycles. The van der Waals surface area contributed by atoms with Gasteiger partial charge in [-0.25, -0.2) is 0 Å². The van der Waals surface area contributed by atoms with Crippen molar-refractivity contribution in [3.8, 4) is 11.1 Å². The first-order valence-corrected chi connectivity index (χ1v) is 8.57. The van der Waals surface area contributed by atoms with Crippen LogP contribution in [-0.4, -0.2) is 12.5 Å². The van der Waals surface area contributed by atoms with Gasteiger partial charge in [-0.15, -0.1) is 0 Å². The van der Waals surface area contributed by atoms with Crippen LogP contribution in [-0.2, 0) is 0 Å². The third-order valence-electron chi connectivity index (χ3n) is 3.22. The largest absolute Gasteiger partial charge is 0.0993 e. The standard InChI is InChI=1S/C17H21P/c1-3-4-14-18(2)17-13-9-8-12-16(17)15-10-6-5-7-11-15/h5-13,18H,2-4,14H2,1H3. The molecule has 0 aliphatic rings. The predicted octanol–water partition coefficient (Wildman–Crippen LogP) is 4.43. The fourth-order valence-electron chi connectivity index (χ4n) is 2.19. The van der Waals surface area contributed by atoms with Gasteiger partial charge >= 0.3 is 0 Å². The molecular weight excluding hydrogens is 235 g/mol. The molecule has 2 aromatic carbocycles. The molecule has 0 fully saturated rings. The van der Waals surface area contributed by atoms with Crippen molar-refractivity contribution in [1.29, 1.82) is 0 Å². The van der Waals surface area contributed by atoms with Gasteiger partial charge in [0.2, 0.25) is 0 Å². The van der Waals surface area contributed by atoms with E-state index >= 15 is 0 Å². The lowest BCUT2D eigenvalue weighted by molar-refractivity contribution is 0.895. The molecule has 2 aromatic rings. The summed E-state index contributed by atoms with van der Waals surface area (Å²) in [7, 11) is -0.657. The number of benzene rings is 2. The molecule has 18 heavy (non-hydrogen) atoms. The Morgan fingerprint density at radius 1 is 0.944 bits per heavy atom. The molecule has 0 heterocycles. The van der Waals surface area contributed by atoms with E-state index in [4.69, 9.17) is 0 Å². The van der Waals surface area contributed by atoms with Gasteiger partial charge in [-0.3, -0.25) is 0 Å². The SMILES string of the molecule is C=[PH](CCCC)c1ccccc1-c1ccccc1. The zero-order chi connectivity index (χ0) is 12.8. The lowest BCUT2D eigenvalue weighted by Gasteiger charge is -2.13. The Labute approximate surface area is 111 Å². The Balaban J connectivity index is 2.34. The maximum Gasteiger partial charge on any atom is -0.0110 e. The first-order chi connectivity index (χ1) is 8.83. The van der Waals surface area contributed by atoms with E-state index in [1.165, 1.54) is 35.4 Å². The predicted molar refractivity (Wildman–Crippen MR) is 86.7 cm³/mol. The molecule has 0 aliphatic heterocycles. The van der Waals surface area contributed by atoms with Crippen molar-refractivity contribution in [1.82, 2.24) is 0 Å². The lowest BCUT2D eigenvalue weighted by Crippen LogP contribution is -2.03. The van der Waals surface area contributed by atoms with Crippen LogP contribution in [0.4, 0.5) is 0 Å². The summed E-state index contributed by atoms with van der Waals surface area (Å²) in [5.74, 6) is 0. The van der Waals surface area contributed by atoms with Crippen molar-refractivity contribution < 1.29 is 0 Å². The van der Waals surface area contributed by atoms with E-state index in [-0.39, 0.29) is 0 Å². The van der Waals surface area contributed by atoms with Gasteiger partial charge in [0.05, 0.1) is 0 Å². The molecule has 94 valence electrons. The highest BCUT2D eigenvalue weighted by atomic mass is 31.1. The van der Waals surface area contributed by atoms with Crippen molar-refractivity contribution in [2.24, 2.45) is 0 Å². The van der Waals surface area contributed by atoms with Gasteiger partial charge in [-0.1, -0.05) is 81.8 Å². The smallest absolute Gasteiger partial charge is 0.0110 e. The Kier molecular flexibility index (Phi) is 4.84. The zero-order valence-corrected chi connectivity index (χ0v) is 12.0. The molecule has 0 bridgehead atoms. The van der Waals surface area contributed by atoms with Crippen molar-refractivity contribution in [3.63, 3.8) is 0 Å². The van der Waals surface area contributed by atoms with Gasteiger partial charge in [0.1, 0.15) is 0 Å². The van der Waals surface area contributed by atoms with Crippen LogP contribution in [0, 0.1) is 0 Å². The van der Waals surface area contributed by atoms with Gasteiger partial charge in [0, 0.05) is 0 Å². The first kappa shape index (κ1) is 13.2. The molecule has 0 aromatic heterocycles. The van der Waals surface area contributed by atoms with Crippen LogP contribution in [0.1, 0.15) is 19.8 Å². The Bertz CT molecular complexity index is 514. The summed E-state index contributed by atoms with van der Waals surface area (Å²) in [6, 6.07) is 19.4. The van der Waals surface area contributed by atoms with E-state index in [2.05, 4.69) is 67.8 Å². The highest BCUT2D eigenvalue weighted by Crippen LogP contribution is 2.28. The minimum atomic E-state index is -0.657. The molecule has 0 nitrogen and oxygen atoms in total. The van der Waals surface area contributed by atoms with Crippen molar-refractivity contribution in [3.05, 3.63) is 54.6 Å².